The van der Waals surface area contributed by atoms with E-state index in [0.29, 0.717) is 30.5 Å². The smallest absolute Gasteiger partial charge is 0.124 e. The molecule has 0 spiro atoms. The van der Waals surface area contributed by atoms with Crippen molar-refractivity contribution in [2.75, 3.05) is 26.8 Å². The first-order valence-electron chi connectivity index (χ1n) is 7.06. The second-order valence-corrected chi connectivity index (χ2v) is 5.49. The molecule has 0 aliphatic carbocycles. The molecule has 1 N–H and O–H groups in total. The van der Waals surface area contributed by atoms with Gasteiger partial charge in [0, 0.05) is 18.2 Å². The lowest BCUT2D eigenvalue weighted by molar-refractivity contribution is -0.104. The van der Waals surface area contributed by atoms with Gasteiger partial charge in [-0.1, -0.05) is 0 Å². The highest BCUT2D eigenvalue weighted by Gasteiger charge is 2.36. The van der Waals surface area contributed by atoms with Crippen LogP contribution in [0.2, 0.25) is 0 Å². The van der Waals surface area contributed by atoms with Crippen LogP contribution in [0.4, 0.5) is 4.39 Å². The van der Waals surface area contributed by atoms with Crippen molar-refractivity contribution in [3.05, 3.63) is 29.6 Å². The van der Waals surface area contributed by atoms with E-state index in [-0.39, 0.29) is 11.9 Å². The van der Waals surface area contributed by atoms with Gasteiger partial charge in [0.15, 0.2) is 0 Å². The standard InChI is InChI=1S/C15H20FNO3/c1-19-13-5-4-10(16)7-12(13)15(18)14-8-17-6-2-3-11(17)9-20-14/h4-5,7,11,14-15,18H,2-3,6,8-9H2,1H3. The molecule has 0 amide bonds. The Morgan fingerprint density at radius 2 is 2.35 bits per heavy atom. The van der Waals surface area contributed by atoms with Crippen molar-refractivity contribution >= 4 is 0 Å². The Bertz CT molecular complexity index is 482. The van der Waals surface area contributed by atoms with E-state index in [2.05, 4.69) is 4.90 Å². The molecule has 20 heavy (non-hydrogen) atoms. The molecule has 0 saturated carbocycles. The van der Waals surface area contributed by atoms with Crippen LogP contribution in [0.15, 0.2) is 18.2 Å². The predicted octanol–water partition coefficient (Wildman–Crippen LogP) is 1.73. The normalized spacial score (nSPS) is 28.1. The summed E-state index contributed by atoms with van der Waals surface area (Å²) in [5.41, 5.74) is 0.454. The lowest BCUT2D eigenvalue weighted by atomic mass is 10.0. The molecule has 110 valence electrons. The Balaban J connectivity index is 1.78. The molecule has 0 bridgehead atoms. The fraction of sp³-hybridized carbons (Fsp3) is 0.600. The number of ether oxygens (including phenoxy) is 2. The van der Waals surface area contributed by atoms with Crippen LogP contribution < -0.4 is 4.74 Å². The predicted molar refractivity (Wildman–Crippen MR) is 72.2 cm³/mol. The molecule has 2 heterocycles. The van der Waals surface area contributed by atoms with E-state index in [0.717, 1.165) is 13.0 Å². The number of methoxy groups -OCH3 is 1. The molecule has 4 nitrogen and oxygen atoms in total. The van der Waals surface area contributed by atoms with E-state index < -0.39 is 6.10 Å². The lowest BCUT2D eigenvalue weighted by Crippen LogP contribution is -2.48. The topological polar surface area (TPSA) is 41.9 Å². The van der Waals surface area contributed by atoms with Crippen molar-refractivity contribution in [1.29, 1.82) is 0 Å². The van der Waals surface area contributed by atoms with E-state index >= 15 is 0 Å². The number of benzene rings is 1. The second kappa shape index (κ2) is 5.68. The van der Waals surface area contributed by atoms with E-state index in [1.54, 1.807) is 0 Å². The van der Waals surface area contributed by atoms with Crippen molar-refractivity contribution in [1.82, 2.24) is 4.90 Å². The number of hydrogen-bond acceptors (Lipinski definition) is 4. The van der Waals surface area contributed by atoms with Crippen LogP contribution in [0.1, 0.15) is 24.5 Å². The van der Waals surface area contributed by atoms with E-state index in [4.69, 9.17) is 9.47 Å². The lowest BCUT2D eigenvalue weighted by Gasteiger charge is -2.37. The zero-order chi connectivity index (χ0) is 14.1. The number of aliphatic hydroxyl groups excluding tert-OH is 1. The molecule has 2 aliphatic heterocycles. The van der Waals surface area contributed by atoms with Crippen LogP contribution in [0, 0.1) is 5.82 Å². The molecular formula is C15H20FNO3. The molecule has 3 unspecified atom stereocenters. The molecule has 2 fully saturated rings. The molecule has 0 aromatic heterocycles. The summed E-state index contributed by atoms with van der Waals surface area (Å²) in [7, 11) is 1.52. The molecule has 5 heteroatoms. The van der Waals surface area contributed by atoms with Gasteiger partial charge in [-0.25, -0.2) is 4.39 Å². The summed E-state index contributed by atoms with van der Waals surface area (Å²) in [6, 6.07) is 4.67. The number of rotatable bonds is 3. The molecule has 2 saturated heterocycles. The summed E-state index contributed by atoms with van der Waals surface area (Å²) in [4.78, 5) is 2.35. The maximum absolute atomic E-state index is 13.4. The largest absolute Gasteiger partial charge is 0.496 e. The first-order valence-corrected chi connectivity index (χ1v) is 7.06. The Hall–Kier alpha value is -1.17. The Morgan fingerprint density at radius 3 is 3.15 bits per heavy atom. The Morgan fingerprint density at radius 1 is 1.50 bits per heavy atom. The maximum atomic E-state index is 13.4. The highest BCUT2D eigenvalue weighted by Crippen LogP contribution is 2.33. The molecule has 3 rings (SSSR count). The average molecular weight is 281 g/mol. The summed E-state index contributed by atoms with van der Waals surface area (Å²) in [5, 5.41) is 10.5. The molecule has 1 aromatic rings. The SMILES string of the molecule is COc1ccc(F)cc1C(O)C1CN2CCCC2CO1. The van der Waals surface area contributed by atoms with Crippen molar-refractivity contribution in [2.45, 2.75) is 31.1 Å². The van der Waals surface area contributed by atoms with Crippen LogP contribution in [0.25, 0.3) is 0 Å². The highest BCUT2D eigenvalue weighted by atomic mass is 19.1. The first-order chi connectivity index (χ1) is 9.69. The first kappa shape index (κ1) is 13.8. The summed E-state index contributed by atoms with van der Waals surface area (Å²) in [6.45, 7) is 2.38. The highest BCUT2D eigenvalue weighted by molar-refractivity contribution is 5.36. The van der Waals surface area contributed by atoms with E-state index in [1.807, 2.05) is 0 Å². The maximum Gasteiger partial charge on any atom is 0.124 e. The molecular weight excluding hydrogens is 261 g/mol. The van der Waals surface area contributed by atoms with Crippen LogP contribution >= 0.6 is 0 Å². The fourth-order valence-electron chi connectivity index (χ4n) is 3.17. The number of morpholine rings is 1. The Kier molecular flexibility index (Phi) is 3.92. The van der Waals surface area contributed by atoms with E-state index in [9.17, 15) is 9.50 Å². The minimum Gasteiger partial charge on any atom is -0.496 e. The number of aliphatic hydroxyl groups is 1. The summed E-state index contributed by atoms with van der Waals surface area (Å²) in [6.07, 6.45) is 1.13. The van der Waals surface area contributed by atoms with Crippen molar-refractivity contribution in [2.24, 2.45) is 0 Å². The van der Waals surface area contributed by atoms with Crippen molar-refractivity contribution in [3.8, 4) is 5.75 Å². The monoisotopic (exact) mass is 281 g/mol. The molecule has 2 aliphatic rings. The van der Waals surface area contributed by atoms with Crippen molar-refractivity contribution in [3.63, 3.8) is 0 Å². The van der Waals surface area contributed by atoms with Crippen LogP contribution in [-0.4, -0.2) is 49.0 Å². The van der Waals surface area contributed by atoms with Gasteiger partial charge < -0.3 is 14.6 Å². The zero-order valence-electron chi connectivity index (χ0n) is 11.6. The zero-order valence-corrected chi connectivity index (χ0v) is 11.6. The number of halogens is 1. The van der Waals surface area contributed by atoms with Gasteiger partial charge in [-0.15, -0.1) is 0 Å². The third-order valence-corrected chi connectivity index (χ3v) is 4.28. The van der Waals surface area contributed by atoms with Gasteiger partial charge in [0.05, 0.1) is 13.7 Å². The number of fused-ring (bicyclic) bond motifs is 1. The van der Waals surface area contributed by atoms with Gasteiger partial charge in [0.1, 0.15) is 23.8 Å². The molecule has 0 radical (unpaired) electrons. The van der Waals surface area contributed by atoms with Gasteiger partial charge in [-0.3, -0.25) is 4.90 Å². The minimum atomic E-state index is -0.873. The summed E-state index contributed by atoms with van der Waals surface area (Å²) in [5.74, 6) is 0.112. The van der Waals surface area contributed by atoms with Gasteiger partial charge >= 0.3 is 0 Å². The number of hydrogen-bond donors (Lipinski definition) is 1. The van der Waals surface area contributed by atoms with Gasteiger partial charge in [0.25, 0.3) is 0 Å². The second-order valence-electron chi connectivity index (χ2n) is 5.49. The third kappa shape index (κ3) is 2.53. The molecule has 3 atom stereocenters. The van der Waals surface area contributed by atoms with Gasteiger partial charge in [0.2, 0.25) is 0 Å². The average Bonchev–Trinajstić information content (AvgIpc) is 2.93. The summed E-state index contributed by atoms with van der Waals surface area (Å²) < 4.78 is 24.4. The summed E-state index contributed by atoms with van der Waals surface area (Å²) >= 11 is 0. The van der Waals surface area contributed by atoms with Crippen LogP contribution in [0.3, 0.4) is 0 Å². The van der Waals surface area contributed by atoms with Crippen LogP contribution in [0.5, 0.6) is 5.75 Å². The van der Waals surface area contributed by atoms with Crippen molar-refractivity contribution < 1.29 is 19.0 Å². The van der Waals surface area contributed by atoms with Crippen LogP contribution in [-0.2, 0) is 4.74 Å². The minimum absolute atomic E-state index is 0.333. The molecule has 1 aromatic carbocycles. The van der Waals surface area contributed by atoms with E-state index in [1.165, 1.54) is 31.7 Å². The van der Waals surface area contributed by atoms with Gasteiger partial charge in [-0.2, -0.15) is 0 Å². The third-order valence-electron chi connectivity index (χ3n) is 4.28. The fourth-order valence-corrected chi connectivity index (χ4v) is 3.17. The number of nitrogens with zero attached hydrogens (tertiary/aromatic N) is 1. The van der Waals surface area contributed by atoms with Gasteiger partial charge in [-0.05, 0) is 37.6 Å². The Labute approximate surface area is 118 Å². The quantitative estimate of drug-likeness (QED) is 0.916.